The fourth-order valence-corrected chi connectivity index (χ4v) is 0.0758. The number of aliphatic hydroxyl groups excluding tert-OH is 1. The summed E-state index contributed by atoms with van der Waals surface area (Å²) in [5.74, 6) is -5.19. The number of hydrogen-bond donors (Lipinski definition) is 1. The maximum Gasteiger partial charge on any atom is 0.456 e. The maximum absolute atomic E-state index is 11.2. The lowest BCUT2D eigenvalue weighted by Gasteiger charge is -2.14. The Morgan fingerprint density at radius 1 is 1.00 bits per heavy atom. The van der Waals surface area contributed by atoms with Crippen LogP contribution in [-0.4, -0.2) is 31.0 Å². The summed E-state index contributed by atoms with van der Waals surface area (Å²) in [5, 5.41) is 7.00. The molecule has 0 spiro atoms. The second kappa shape index (κ2) is 4.42. The lowest BCUT2D eigenvalue weighted by Crippen LogP contribution is -2.38. The molecule has 0 saturated heterocycles. The molecule has 0 bridgehead atoms. The van der Waals surface area contributed by atoms with E-state index in [-0.39, 0.29) is 0 Å². The van der Waals surface area contributed by atoms with Crippen LogP contribution >= 0.6 is 0 Å². The van der Waals surface area contributed by atoms with Crippen LogP contribution in [0.2, 0.25) is 0 Å². The Hall–Kier alpha value is -0.460. The van der Waals surface area contributed by atoms with Gasteiger partial charge in [-0.05, 0) is 0 Å². The number of hydrogen-bond acceptors (Lipinski definition) is 1. The SMILES string of the molecule is CO.FCC(F)(F)C(F)(F)F. The molecule has 0 radical (unpaired) electrons. The van der Waals surface area contributed by atoms with E-state index in [1.165, 1.54) is 0 Å². The highest BCUT2D eigenvalue weighted by Gasteiger charge is 2.57. The highest BCUT2D eigenvalue weighted by molar-refractivity contribution is 4.73. The van der Waals surface area contributed by atoms with Gasteiger partial charge in [0.05, 0.1) is 0 Å². The summed E-state index contributed by atoms with van der Waals surface area (Å²) < 4.78 is 65.6. The summed E-state index contributed by atoms with van der Waals surface area (Å²) in [6, 6.07) is 0. The van der Waals surface area contributed by atoms with Gasteiger partial charge in [-0.3, -0.25) is 0 Å². The zero-order chi connectivity index (χ0) is 9.71. The third-order valence-corrected chi connectivity index (χ3v) is 0.583. The largest absolute Gasteiger partial charge is 0.456 e. The van der Waals surface area contributed by atoms with Crippen molar-refractivity contribution in [1.29, 1.82) is 0 Å². The molecule has 0 aromatic carbocycles. The standard InChI is InChI=1S/C3H2F6.CH4O/c4-1-2(5,6)3(7,8)9;1-2/h1H2;2H,1H3. The average molecular weight is 184 g/mol. The van der Waals surface area contributed by atoms with Crippen LogP contribution in [0, 0.1) is 0 Å². The molecular formula is C4H6F6O. The van der Waals surface area contributed by atoms with Crippen molar-refractivity contribution in [3.8, 4) is 0 Å². The van der Waals surface area contributed by atoms with Crippen molar-refractivity contribution in [2.24, 2.45) is 0 Å². The van der Waals surface area contributed by atoms with Gasteiger partial charge in [0.1, 0.15) is 0 Å². The molecule has 0 rings (SSSR count). The molecule has 0 amide bonds. The normalized spacial score (nSPS) is 12.0. The summed E-state index contributed by atoms with van der Waals surface area (Å²) >= 11 is 0. The van der Waals surface area contributed by atoms with Gasteiger partial charge in [0.2, 0.25) is 0 Å². The third-order valence-electron chi connectivity index (χ3n) is 0.583. The fourth-order valence-electron chi connectivity index (χ4n) is 0.0758. The van der Waals surface area contributed by atoms with Crippen molar-refractivity contribution in [1.82, 2.24) is 0 Å². The Labute approximate surface area is 58.6 Å². The summed E-state index contributed by atoms with van der Waals surface area (Å²) in [6.07, 6.45) is -5.76. The Morgan fingerprint density at radius 2 is 1.27 bits per heavy atom. The highest BCUT2D eigenvalue weighted by atomic mass is 19.4. The van der Waals surface area contributed by atoms with Crippen molar-refractivity contribution >= 4 is 0 Å². The first-order valence-corrected chi connectivity index (χ1v) is 2.26. The summed E-state index contributed by atoms with van der Waals surface area (Å²) in [5.41, 5.74) is 0. The summed E-state index contributed by atoms with van der Waals surface area (Å²) in [6.45, 7) is -2.70. The van der Waals surface area contributed by atoms with E-state index in [2.05, 4.69) is 0 Å². The van der Waals surface area contributed by atoms with E-state index in [1.54, 1.807) is 0 Å². The molecule has 7 heteroatoms. The molecule has 0 aliphatic heterocycles. The Balaban J connectivity index is 0. The monoisotopic (exact) mass is 184 g/mol. The van der Waals surface area contributed by atoms with Crippen LogP contribution < -0.4 is 0 Å². The van der Waals surface area contributed by atoms with Crippen molar-refractivity contribution in [3.05, 3.63) is 0 Å². The summed E-state index contributed by atoms with van der Waals surface area (Å²) in [4.78, 5) is 0. The quantitative estimate of drug-likeness (QED) is 0.615. The minimum absolute atomic E-state index is 1.00. The molecule has 0 heterocycles. The zero-order valence-corrected chi connectivity index (χ0v) is 5.42. The lowest BCUT2D eigenvalue weighted by molar-refractivity contribution is -0.286. The molecule has 11 heavy (non-hydrogen) atoms. The predicted molar refractivity (Wildman–Crippen MR) is 25.1 cm³/mol. The molecule has 0 aliphatic carbocycles. The number of aliphatic hydroxyl groups is 1. The number of alkyl halides is 6. The average Bonchev–Trinajstić information content (AvgIpc) is 1.90. The lowest BCUT2D eigenvalue weighted by atomic mass is 10.4. The first-order chi connectivity index (χ1) is 4.81. The van der Waals surface area contributed by atoms with E-state index in [0.29, 0.717) is 0 Å². The number of rotatable bonds is 1. The molecule has 0 saturated carbocycles. The first kappa shape index (κ1) is 13.2. The predicted octanol–water partition coefficient (Wildman–Crippen LogP) is 1.76. The van der Waals surface area contributed by atoms with Crippen molar-refractivity contribution in [3.63, 3.8) is 0 Å². The van der Waals surface area contributed by atoms with Gasteiger partial charge in [-0.2, -0.15) is 22.0 Å². The molecule has 0 atom stereocenters. The molecule has 0 aromatic rings. The van der Waals surface area contributed by atoms with Gasteiger partial charge < -0.3 is 5.11 Å². The third kappa shape index (κ3) is 4.07. The van der Waals surface area contributed by atoms with Gasteiger partial charge in [0.15, 0.2) is 6.67 Å². The molecule has 0 aliphatic rings. The van der Waals surface area contributed by atoms with E-state index in [4.69, 9.17) is 5.11 Å². The van der Waals surface area contributed by atoms with Crippen LogP contribution in [0.15, 0.2) is 0 Å². The fraction of sp³-hybridized carbons (Fsp3) is 1.00. The van der Waals surface area contributed by atoms with E-state index in [9.17, 15) is 26.3 Å². The van der Waals surface area contributed by atoms with Crippen LogP contribution in [0.1, 0.15) is 0 Å². The second-order valence-electron chi connectivity index (χ2n) is 1.34. The molecule has 1 N–H and O–H groups in total. The van der Waals surface area contributed by atoms with Gasteiger partial charge in [-0.25, -0.2) is 4.39 Å². The molecule has 70 valence electrons. The van der Waals surface area contributed by atoms with E-state index in [1.807, 2.05) is 0 Å². The van der Waals surface area contributed by atoms with Crippen molar-refractivity contribution in [2.45, 2.75) is 12.1 Å². The van der Waals surface area contributed by atoms with E-state index in [0.717, 1.165) is 7.11 Å². The molecular weight excluding hydrogens is 178 g/mol. The van der Waals surface area contributed by atoms with Gasteiger partial charge in [0, 0.05) is 7.11 Å². The zero-order valence-electron chi connectivity index (χ0n) is 5.42. The Morgan fingerprint density at radius 3 is 1.27 bits per heavy atom. The smallest absolute Gasteiger partial charge is 0.400 e. The van der Waals surface area contributed by atoms with E-state index >= 15 is 0 Å². The Kier molecular flexibility index (Phi) is 5.29. The van der Waals surface area contributed by atoms with Crippen LogP contribution in [0.3, 0.4) is 0 Å². The topological polar surface area (TPSA) is 20.2 Å². The first-order valence-electron chi connectivity index (χ1n) is 2.26. The van der Waals surface area contributed by atoms with Crippen molar-refractivity contribution in [2.75, 3.05) is 13.8 Å². The van der Waals surface area contributed by atoms with Crippen molar-refractivity contribution < 1.29 is 31.4 Å². The van der Waals surface area contributed by atoms with Crippen LogP contribution in [0.25, 0.3) is 0 Å². The summed E-state index contributed by atoms with van der Waals surface area (Å²) in [7, 11) is 1.00. The minimum atomic E-state index is -5.76. The Bertz CT molecular complexity index is 97.2. The van der Waals surface area contributed by atoms with Crippen LogP contribution in [-0.2, 0) is 0 Å². The minimum Gasteiger partial charge on any atom is -0.400 e. The van der Waals surface area contributed by atoms with Gasteiger partial charge in [0.25, 0.3) is 0 Å². The van der Waals surface area contributed by atoms with Crippen LogP contribution in [0.5, 0.6) is 0 Å². The van der Waals surface area contributed by atoms with E-state index < -0.39 is 18.8 Å². The highest BCUT2D eigenvalue weighted by Crippen LogP contribution is 2.35. The second-order valence-corrected chi connectivity index (χ2v) is 1.34. The van der Waals surface area contributed by atoms with Gasteiger partial charge >= 0.3 is 12.1 Å². The molecule has 0 fully saturated rings. The van der Waals surface area contributed by atoms with Gasteiger partial charge in [-0.15, -0.1) is 0 Å². The molecule has 0 unspecified atom stereocenters. The number of halogens is 6. The molecule has 0 aromatic heterocycles. The maximum atomic E-state index is 11.2. The molecule has 1 nitrogen and oxygen atoms in total. The van der Waals surface area contributed by atoms with Crippen LogP contribution in [0.4, 0.5) is 26.3 Å². The van der Waals surface area contributed by atoms with Gasteiger partial charge in [-0.1, -0.05) is 0 Å².